The summed E-state index contributed by atoms with van der Waals surface area (Å²) in [4.78, 5) is 4.85. The Balaban J connectivity index is 0.000000190. The van der Waals surface area contributed by atoms with Crippen molar-refractivity contribution in [1.29, 1.82) is 0 Å². The Morgan fingerprint density at radius 2 is 0.434 bits per heavy atom. The standard InChI is InChI=1S/2C23H24N4S.2C18H15P.2BF4.2Cu/c2*1-16-14-18(3)26(24-16)23(27-19(4)15-17(2)25-27)21-12-8-9-13-22(21)28-20-10-6-5-7-11-20;2*1-4-10-16(11-5-1)19(17-12-6-2-7-13-17)18-14-8-3-9-15-18;2*2-1(3,4)5;;/h2*5-15,23H,1-4H3;2*1-15H;;;;/q;;;;2*-1;2*+1/p+2. The van der Waals surface area contributed by atoms with Gasteiger partial charge in [-0.2, -0.15) is 20.4 Å². The molecule has 4 heterocycles. The predicted molar refractivity (Wildman–Crippen MR) is 421 cm³/mol. The summed E-state index contributed by atoms with van der Waals surface area (Å²) in [5.74, 6) is 0. The van der Waals surface area contributed by atoms with E-state index in [0.717, 1.165) is 45.6 Å². The van der Waals surface area contributed by atoms with E-state index in [9.17, 15) is 34.5 Å². The van der Waals surface area contributed by atoms with Crippen molar-refractivity contribution in [3.63, 3.8) is 0 Å². The summed E-state index contributed by atoms with van der Waals surface area (Å²) >= 11 is 3.55. The van der Waals surface area contributed by atoms with Gasteiger partial charge in [0.2, 0.25) is 0 Å². The van der Waals surface area contributed by atoms with Crippen molar-refractivity contribution in [2.75, 3.05) is 0 Å². The molecule has 0 saturated heterocycles. The summed E-state index contributed by atoms with van der Waals surface area (Å²) in [6.07, 6.45) is -0.260. The van der Waals surface area contributed by atoms with Crippen LogP contribution in [0.3, 0.4) is 0 Å². The van der Waals surface area contributed by atoms with E-state index in [1.54, 1.807) is 23.5 Å². The maximum Gasteiger partial charge on any atom is 1.00 e. The van der Waals surface area contributed by atoms with Crippen molar-refractivity contribution in [1.82, 2.24) is 39.1 Å². The summed E-state index contributed by atoms with van der Waals surface area (Å²) < 4.78 is 86.3. The molecule has 0 aliphatic rings. The summed E-state index contributed by atoms with van der Waals surface area (Å²) in [6, 6.07) is 112. The molecule has 14 rings (SSSR count). The van der Waals surface area contributed by atoms with Gasteiger partial charge in [-0.05, 0) is 189 Å². The van der Waals surface area contributed by atoms with Crippen molar-refractivity contribution in [3.8, 4) is 0 Å². The van der Waals surface area contributed by atoms with E-state index in [1.807, 2.05) is 39.8 Å². The van der Waals surface area contributed by atoms with Crippen LogP contribution in [0.5, 0.6) is 0 Å². The van der Waals surface area contributed by atoms with Gasteiger partial charge in [0.1, 0.15) is 31.8 Å². The van der Waals surface area contributed by atoms with Crippen LogP contribution in [-0.2, 0) is 34.1 Å². The van der Waals surface area contributed by atoms with Gasteiger partial charge in [-0.1, -0.05) is 206 Å². The number of rotatable bonds is 16. The third-order valence-electron chi connectivity index (χ3n) is 15.8. The SMILES string of the molecule is Cc1cc(C)n(C(c2ccccc2Sc2ccccc2)n2nc(C)cc2C)n1.Cc1cc(C)n(C(c2ccccc2Sc2ccccc2)n2nc(C)cc2C)n1.F[B-](F)(F)F.F[B-](F)(F)F.[Cu+].[Cu+].c1ccc([PH+](c2ccccc2)c2ccccc2)cc1.c1ccc([PH+](c2ccccc2)c2ccccc2)cc1. The van der Waals surface area contributed by atoms with Gasteiger partial charge in [-0.25, -0.2) is 18.7 Å². The average Bonchev–Trinajstić information content (AvgIpc) is 1.60. The van der Waals surface area contributed by atoms with Crippen molar-refractivity contribution in [3.05, 3.63) is 372 Å². The number of nitrogens with zero attached hydrogens (tertiary/aromatic N) is 8. The van der Waals surface area contributed by atoms with E-state index in [4.69, 9.17) is 20.4 Å². The zero-order chi connectivity index (χ0) is 74.2. The first kappa shape index (κ1) is 84.5. The second-order valence-electron chi connectivity index (χ2n) is 24.1. The molecular formula is C82H80B2Cu2F8N8P2S2+2. The Morgan fingerprint density at radius 1 is 0.264 bits per heavy atom. The summed E-state index contributed by atoms with van der Waals surface area (Å²) in [5, 5.41) is 27.8. The molecule has 0 atom stereocenters. The van der Waals surface area contributed by atoms with Gasteiger partial charge in [0.25, 0.3) is 0 Å². The van der Waals surface area contributed by atoms with Crippen molar-refractivity contribution in [2.24, 2.45) is 0 Å². The van der Waals surface area contributed by atoms with Crippen molar-refractivity contribution < 1.29 is 68.7 Å². The van der Waals surface area contributed by atoms with Crippen molar-refractivity contribution >= 4 is 85.7 Å². The van der Waals surface area contributed by atoms with Crippen LogP contribution in [0.1, 0.15) is 69.0 Å². The van der Waals surface area contributed by atoms with E-state index >= 15 is 0 Å². The van der Waals surface area contributed by atoms with Crippen LogP contribution in [0.2, 0.25) is 0 Å². The quantitative estimate of drug-likeness (QED) is 0.0545. The van der Waals surface area contributed by atoms with Gasteiger partial charge in [-0.3, -0.25) is 0 Å². The van der Waals surface area contributed by atoms with E-state index in [-0.39, 0.29) is 46.5 Å². The fraction of sp³-hybridized carbons (Fsp3) is 0.122. The first-order valence-electron chi connectivity index (χ1n) is 33.5. The van der Waals surface area contributed by atoms with Gasteiger partial charge in [0, 0.05) is 53.5 Å². The van der Waals surface area contributed by atoms with Crippen LogP contribution in [0, 0.1) is 55.4 Å². The van der Waals surface area contributed by atoms with E-state index in [1.165, 1.54) is 62.5 Å². The second-order valence-corrected chi connectivity index (χ2v) is 31.3. The maximum atomic E-state index is 9.75. The number of hydrogen-bond acceptors (Lipinski definition) is 6. The molecule has 0 N–H and O–H groups in total. The monoisotopic (exact) mass is 1600 g/mol. The van der Waals surface area contributed by atoms with Gasteiger partial charge >= 0.3 is 48.6 Å². The Labute approximate surface area is 648 Å². The maximum absolute atomic E-state index is 9.75. The Morgan fingerprint density at radius 3 is 0.613 bits per heavy atom. The smallest absolute Gasteiger partial charge is 0.418 e. The molecule has 4 aromatic heterocycles. The number of aryl methyl sites for hydroxylation is 8. The minimum Gasteiger partial charge on any atom is -0.418 e. The predicted octanol–water partition coefficient (Wildman–Crippen LogP) is 20.1. The fourth-order valence-electron chi connectivity index (χ4n) is 11.7. The Kier molecular flexibility index (Phi) is 33.0. The van der Waals surface area contributed by atoms with Crippen LogP contribution in [-0.4, -0.2) is 53.6 Å². The molecule has 0 radical (unpaired) electrons. The van der Waals surface area contributed by atoms with E-state index < -0.39 is 30.4 Å². The molecule has 0 aliphatic heterocycles. The minimum absolute atomic E-state index is 0. The second kappa shape index (κ2) is 41.4. The van der Waals surface area contributed by atoms with Crippen LogP contribution in [0.4, 0.5) is 34.5 Å². The zero-order valence-electron chi connectivity index (χ0n) is 59.4. The molecule has 0 spiro atoms. The molecular weight excluding hydrogens is 1520 g/mol. The van der Waals surface area contributed by atoms with Gasteiger partial charge in [0.05, 0.1) is 38.6 Å². The molecule has 0 unspecified atom stereocenters. The molecule has 552 valence electrons. The van der Waals surface area contributed by atoms with Gasteiger partial charge in [0.15, 0.2) is 12.3 Å². The molecule has 8 nitrogen and oxygen atoms in total. The number of benzene rings is 10. The molecule has 0 bridgehead atoms. The molecule has 10 aromatic carbocycles. The van der Waals surface area contributed by atoms with Crippen LogP contribution >= 0.6 is 39.4 Å². The molecule has 106 heavy (non-hydrogen) atoms. The molecule has 24 heteroatoms. The third-order valence-corrected chi connectivity index (χ3v) is 23.5. The fourth-order valence-corrected chi connectivity index (χ4v) is 18.9. The third kappa shape index (κ3) is 25.7. The topological polar surface area (TPSA) is 71.3 Å². The molecule has 0 saturated carbocycles. The van der Waals surface area contributed by atoms with Crippen LogP contribution in [0.15, 0.2) is 335 Å². The van der Waals surface area contributed by atoms with Gasteiger partial charge in [-0.15, -0.1) is 0 Å². The largest absolute Gasteiger partial charge is 1.00 e. The zero-order valence-corrected chi connectivity index (χ0v) is 64.9. The van der Waals surface area contributed by atoms with E-state index in [0.29, 0.717) is 0 Å². The number of hydrogen-bond donors (Lipinski definition) is 0. The molecule has 0 aliphatic carbocycles. The average molecular weight is 1600 g/mol. The molecule has 0 amide bonds. The first-order valence-corrected chi connectivity index (χ1v) is 38.1. The van der Waals surface area contributed by atoms with Gasteiger partial charge < -0.3 is 34.5 Å². The number of halogens is 8. The summed E-state index contributed by atoms with van der Waals surface area (Å²) in [7, 11) is -13.8. The molecule has 14 aromatic rings. The Bertz CT molecular complexity index is 4280. The first-order chi connectivity index (χ1) is 49.9. The van der Waals surface area contributed by atoms with Crippen molar-refractivity contribution in [2.45, 2.75) is 87.3 Å². The minimum atomic E-state index is -6.00. The van der Waals surface area contributed by atoms with E-state index in [2.05, 4.69) is 350 Å². The molecule has 0 fully saturated rings. The summed E-state index contributed by atoms with van der Waals surface area (Å²) in [6.45, 7) is 16.5. The van der Waals surface area contributed by atoms with Crippen LogP contribution in [0.25, 0.3) is 0 Å². The Hall–Kier alpha value is -8.79. The van der Waals surface area contributed by atoms with Crippen LogP contribution < -0.4 is 31.8 Å². The normalized spacial score (nSPS) is 10.9. The number of aromatic nitrogens is 8. The summed E-state index contributed by atoms with van der Waals surface area (Å²) in [5.41, 5.74) is 10.9.